The number of hydrogen-bond acceptors (Lipinski definition) is 5. The maximum absolute atomic E-state index is 12.7. The maximum Gasteiger partial charge on any atom is 0.307 e. The van der Waals surface area contributed by atoms with Crippen LogP contribution in [0.3, 0.4) is 0 Å². The Morgan fingerprint density at radius 3 is 2.29 bits per heavy atom. The average molecular weight is 406 g/mol. The van der Waals surface area contributed by atoms with E-state index >= 15 is 0 Å². The molecule has 0 spiro atoms. The van der Waals surface area contributed by atoms with Gasteiger partial charge in [-0.25, -0.2) is 13.1 Å². The lowest BCUT2D eigenvalue weighted by atomic mass is 10.0. The highest BCUT2D eigenvalue weighted by molar-refractivity contribution is 7.89. The lowest BCUT2D eigenvalue weighted by Gasteiger charge is -2.16. The molecule has 6 nitrogen and oxygen atoms in total. The zero-order valence-electron chi connectivity index (χ0n) is 17.0. The molecule has 0 amide bonds. The first-order valence-electron chi connectivity index (χ1n) is 9.01. The van der Waals surface area contributed by atoms with Crippen molar-refractivity contribution in [1.29, 1.82) is 0 Å². The highest BCUT2D eigenvalue weighted by atomic mass is 32.2. The van der Waals surface area contributed by atoms with Crippen LogP contribution in [0.15, 0.2) is 35.2 Å². The minimum Gasteiger partial charge on any atom is -0.497 e. The molecule has 28 heavy (non-hydrogen) atoms. The molecule has 2 rings (SSSR count). The first-order valence-corrected chi connectivity index (χ1v) is 10.5. The van der Waals surface area contributed by atoms with Crippen LogP contribution in [0.2, 0.25) is 0 Å². The molecular formula is C21H27NO5S. The van der Waals surface area contributed by atoms with Gasteiger partial charge in [-0.2, -0.15) is 0 Å². The molecule has 0 aliphatic heterocycles. The van der Waals surface area contributed by atoms with Gasteiger partial charge >= 0.3 is 5.97 Å². The lowest BCUT2D eigenvalue weighted by molar-refractivity contribution is -0.144. The lowest BCUT2D eigenvalue weighted by Crippen LogP contribution is -2.28. The molecule has 0 saturated heterocycles. The summed E-state index contributed by atoms with van der Waals surface area (Å²) in [5, 5.41) is 0. The van der Waals surface area contributed by atoms with Gasteiger partial charge in [0.05, 0.1) is 18.4 Å². The molecule has 0 aromatic heterocycles. The Labute approximate surface area is 166 Å². The predicted molar refractivity (Wildman–Crippen MR) is 108 cm³/mol. The summed E-state index contributed by atoms with van der Waals surface area (Å²) in [6.07, 6.45) is -0.0495. The molecule has 7 heteroatoms. The Morgan fingerprint density at radius 1 is 1.04 bits per heavy atom. The number of carbonyl (C=O) groups excluding carboxylic acids is 1. The van der Waals surface area contributed by atoms with E-state index in [9.17, 15) is 13.2 Å². The molecule has 152 valence electrons. The van der Waals surface area contributed by atoms with Crippen molar-refractivity contribution in [3.8, 4) is 5.75 Å². The molecule has 0 bridgehead atoms. The van der Waals surface area contributed by atoms with E-state index in [4.69, 9.17) is 9.47 Å². The Morgan fingerprint density at radius 2 is 1.68 bits per heavy atom. The number of rotatable bonds is 8. The summed E-state index contributed by atoms with van der Waals surface area (Å²) in [5.41, 5.74) is 4.07. The summed E-state index contributed by atoms with van der Waals surface area (Å²) in [7, 11) is -2.15. The van der Waals surface area contributed by atoms with E-state index in [-0.39, 0.29) is 24.5 Å². The van der Waals surface area contributed by atoms with E-state index in [1.54, 1.807) is 33.1 Å². The third-order valence-electron chi connectivity index (χ3n) is 4.72. The highest BCUT2D eigenvalue weighted by Gasteiger charge is 2.22. The van der Waals surface area contributed by atoms with E-state index < -0.39 is 16.0 Å². The molecular weight excluding hydrogens is 378 g/mol. The smallest absolute Gasteiger partial charge is 0.307 e. The number of sulfonamides is 1. The Bertz CT molecular complexity index is 941. The van der Waals surface area contributed by atoms with E-state index in [1.807, 2.05) is 32.0 Å². The van der Waals surface area contributed by atoms with Crippen molar-refractivity contribution in [2.75, 3.05) is 13.7 Å². The first kappa shape index (κ1) is 21.9. The fraction of sp³-hybridized carbons (Fsp3) is 0.381. The number of ether oxygens (including phenoxy) is 2. The van der Waals surface area contributed by atoms with Crippen molar-refractivity contribution in [2.45, 2.75) is 45.6 Å². The van der Waals surface area contributed by atoms with Crippen molar-refractivity contribution in [3.63, 3.8) is 0 Å². The van der Waals surface area contributed by atoms with Gasteiger partial charge in [-0.1, -0.05) is 18.2 Å². The molecule has 0 radical (unpaired) electrons. The maximum atomic E-state index is 12.7. The summed E-state index contributed by atoms with van der Waals surface area (Å²) < 4.78 is 38.3. The van der Waals surface area contributed by atoms with Crippen LogP contribution in [0.25, 0.3) is 0 Å². The Hall–Kier alpha value is -2.38. The van der Waals surface area contributed by atoms with E-state index in [0.29, 0.717) is 5.75 Å². The van der Waals surface area contributed by atoms with Crippen LogP contribution in [-0.2, 0) is 26.2 Å². The van der Waals surface area contributed by atoms with E-state index in [0.717, 1.165) is 27.8 Å². The van der Waals surface area contributed by atoms with Gasteiger partial charge in [0.25, 0.3) is 0 Å². The van der Waals surface area contributed by atoms with Gasteiger partial charge in [-0.15, -0.1) is 0 Å². The quantitative estimate of drug-likeness (QED) is 0.681. The summed E-state index contributed by atoms with van der Waals surface area (Å²) in [6.45, 7) is 7.44. The second-order valence-electron chi connectivity index (χ2n) is 6.75. The number of nitrogens with one attached hydrogen (secondary N) is 1. The van der Waals surface area contributed by atoms with Crippen molar-refractivity contribution in [1.82, 2.24) is 4.72 Å². The van der Waals surface area contributed by atoms with Gasteiger partial charge < -0.3 is 9.47 Å². The standard InChI is InChI=1S/C21H27NO5S/c1-14-11-15(2)17(4)21(16(14)3)28(24,25)22-10-9-20(23)27-13-18-7-6-8-19(12-18)26-5/h6-8,11-12,22H,9-10,13H2,1-5H3. The van der Waals surface area contributed by atoms with Crippen LogP contribution in [0.4, 0.5) is 0 Å². The predicted octanol–water partition coefficient (Wildman–Crippen LogP) is 3.34. The van der Waals surface area contributed by atoms with E-state index in [2.05, 4.69) is 4.72 Å². The van der Waals surface area contributed by atoms with Gasteiger partial charge in [-0.05, 0) is 67.6 Å². The summed E-state index contributed by atoms with van der Waals surface area (Å²) in [4.78, 5) is 12.2. The zero-order valence-corrected chi connectivity index (χ0v) is 17.8. The third kappa shape index (κ3) is 5.33. The second kappa shape index (κ2) is 9.21. The number of esters is 1. The number of aryl methyl sites for hydroxylation is 2. The molecule has 1 N–H and O–H groups in total. The van der Waals surface area contributed by atoms with Crippen LogP contribution in [0.5, 0.6) is 5.75 Å². The van der Waals surface area contributed by atoms with Crippen molar-refractivity contribution in [3.05, 3.63) is 58.1 Å². The summed E-state index contributed by atoms with van der Waals surface area (Å²) in [5.74, 6) is 0.208. The topological polar surface area (TPSA) is 81.7 Å². The SMILES string of the molecule is COc1cccc(COC(=O)CCNS(=O)(=O)c2c(C)c(C)cc(C)c2C)c1. The summed E-state index contributed by atoms with van der Waals surface area (Å²) >= 11 is 0. The molecule has 2 aromatic rings. The molecule has 2 aromatic carbocycles. The third-order valence-corrected chi connectivity index (χ3v) is 6.46. The Kier molecular flexibility index (Phi) is 7.21. The average Bonchev–Trinajstić information content (AvgIpc) is 2.65. The van der Waals surface area contributed by atoms with Crippen LogP contribution < -0.4 is 9.46 Å². The number of methoxy groups -OCH3 is 1. The normalized spacial score (nSPS) is 11.3. The highest BCUT2D eigenvalue weighted by Crippen LogP contribution is 2.25. The number of hydrogen-bond donors (Lipinski definition) is 1. The van der Waals surface area contributed by atoms with Gasteiger partial charge in [0.15, 0.2) is 0 Å². The number of benzene rings is 2. The minimum atomic E-state index is -3.71. The van der Waals surface area contributed by atoms with Crippen LogP contribution in [-0.4, -0.2) is 28.0 Å². The molecule has 0 heterocycles. The fourth-order valence-corrected chi connectivity index (χ4v) is 4.58. The molecule has 0 aliphatic rings. The molecule has 0 fully saturated rings. The molecule has 0 aliphatic carbocycles. The largest absolute Gasteiger partial charge is 0.497 e. The van der Waals surface area contributed by atoms with Gasteiger partial charge in [0.2, 0.25) is 10.0 Å². The first-order chi connectivity index (χ1) is 13.2. The second-order valence-corrected chi connectivity index (χ2v) is 8.45. The zero-order chi connectivity index (χ0) is 20.9. The molecule has 0 unspecified atom stereocenters. The van der Waals surface area contributed by atoms with Gasteiger partial charge in [0.1, 0.15) is 12.4 Å². The van der Waals surface area contributed by atoms with E-state index in [1.165, 1.54) is 0 Å². The minimum absolute atomic E-state index is 0.0227. The van der Waals surface area contributed by atoms with Crippen molar-refractivity contribution in [2.24, 2.45) is 0 Å². The van der Waals surface area contributed by atoms with Crippen LogP contribution in [0.1, 0.15) is 34.2 Å². The van der Waals surface area contributed by atoms with Gasteiger partial charge in [0, 0.05) is 6.54 Å². The molecule has 0 saturated carbocycles. The monoisotopic (exact) mass is 405 g/mol. The van der Waals surface area contributed by atoms with Crippen LogP contribution >= 0.6 is 0 Å². The van der Waals surface area contributed by atoms with Gasteiger partial charge in [-0.3, -0.25) is 4.79 Å². The van der Waals surface area contributed by atoms with Crippen molar-refractivity contribution >= 4 is 16.0 Å². The Balaban J connectivity index is 1.94. The molecule has 0 atom stereocenters. The summed E-state index contributed by atoms with van der Waals surface area (Å²) in [6, 6.07) is 9.19. The number of carbonyl (C=O) groups is 1. The fourth-order valence-electron chi connectivity index (χ4n) is 2.94. The van der Waals surface area contributed by atoms with Crippen molar-refractivity contribution < 1.29 is 22.7 Å². The van der Waals surface area contributed by atoms with Crippen LogP contribution in [0, 0.1) is 27.7 Å².